The lowest BCUT2D eigenvalue weighted by Gasteiger charge is -2.36. The minimum Gasteiger partial charge on any atom is -0.444 e. The summed E-state index contributed by atoms with van der Waals surface area (Å²) in [5, 5.41) is 0. The fraction of sp³-hybridized carbons (Fsp3) is 0.889. The van der Waals surface area contributed by atoms with Crippen molar-refractivity contribution in [3.8, 4) is 0 Å². The van der Waals surface area contributed by atoms with E-state index in [0.29, 0.717) is 25.6 Å². The van der Waals surface area contributed by atoms with Gasteiger partial charge in [0.05, 0.1) is 6.04 Å². The molecule has 0 bridgehead atoms. The van der Waals surface area contributed by atoms with E-state index in [2.05, 4.69) is 0 Å². The summed E-state index contributed by atoms with van der Waals surface area (Å²) in [4.78, 5) is 28.2. The van der Waals surface area contributed by atoms with Gasteiger partial charge in [-0.15, -0.1) is 0 Å². The largest absolute Gasteiger partial charge is 0.444 e. The number of amides is 2. The number of hydrogen-bond donors (Lipinski definition) is 1. The highest BCUT2D eigenvalue weighted by molar-refractivity contribution is 5.81. The molecule has 2 N–H and O–H groups in total. The molecule has 1 saturated heterocycles. The molecule has 0 aromatic heterocycles. The normalized spacial score (nSPS) is 17.8. The van der Waals surface area contributed by atoms with Gasteiger partial charge in [-0.25, -0.2) is 4.79 Å². The lowest BCUT2D eigenvalue weighted by molar-refractivity contribution is -0.134. The Morgan fingerprint density at radius 1 is 1.25 bits per heavy atom. The van der Waals surface area contributed by atoms with E-state index in [-0.39, 0.29) is 17.9 Å². The zero-order valence-corrected chi connectivity index (χ0v) is 16.2. The molecule has 1 aliphatic rings. The van der Waals surface area contributed by atoms with Crippen LogP contribution in [0.2, 0.25) is 0 Å². The second-order valence-corrected chi connectivity index (χ2v) is 8.06. The van der Waals surface area contributed by atoms with Crippen LogP contribution < -0.4 is 5.73 Å². The number of nitrogens with two attached hydrogens (primary N) is 1. The smallest absolute Gasteiger partial charge is 0.410 e. The van der Waals surface area contributed by atoms with Crippen molar-refractivity contribution in [2.45, 2.75) is 66.0 Å². The molecule has 1 fully saturated rings. The third-order valence-electron chi connectivity index (χ3n) is 4.44. The Labute approximate surface area is 146 Å². The van der Waals surface area contributed by atoms with Gasteiger partial charge >= 0.3 is 6.09 Å². The first-order valence-corrected chi connectivity index (χ1v) is 9.07. The predicted octanol–water partition coefficient (Wildman–Crippen LogP) is 2.47. The quantitative estimate of drug-likeness (QED) is 0.833. The Morgan fingerprint density at radius 2 is 1.79 bits per heavy atom. The van der Waals surface area contributed by atoms with Crippen molar-refractivity contribution in [3.63, 3.8) is 0 Å². The Kier molecular flexibility index (Phi) is 7.52. The third-order valence-corrected chi connectivity index (χ3v) is 4.44. The molecule has 1 aliphatic heterocycles. The molecule has 6 nitrogen and oxygen atoms in total. The molecule has 1 heterocycles. The molecule has 0 aliphatic carbocycles. The number of nitrogens with zero attached hydrogens (tertiary/aromatic N) is 2. The maximum atomic E-state index is 12.4. The van der Waals surface area contributed by atoms with Crippen molar-refractivity contribution in [1.82, 2.24) is 9.80 Å². The predicted molar refractivity (Wildman–Crippen MR) is 95.6 cm³/mol. The lowest BCUT2D eigenvalue weighted by atomic mass is 9.95. The number of hydrogen-bond acceptors (Lipinski definition) is 4. The van der Waals surface area contributed by atoms with Crippen LogP contribution in [0.25, 0.3) is 0 Å². The molecule has 2 amide bonds. The van der Waals surface area contributed by atoms with Crippen LogP contribution >= 0.6 is 0 Å². The summed E-state index contributed by atoms with van der Waals surface area (Å²) < 4.78 is 5.42. The monoisotopic (exact) mass is 341 g/mol. The van der Waals surface area contributed by atoms with Crippen molar-refractivity contribution >= 4 is 12.0 Å². The van der Waals surface area contributed by atoms with E-state index in [1.807, 2.05) is 46.4 Å². The zero-order chi connectivity index (χ0) is 18.5. The highest BCUT2D eigenvalue weighted by Gasteiger charge is 2.29. The van der Waals surface area contributed by atoms with Crippen LogP contribution in [-0.4, -0.2) is 59.6 Å². The molecule has 140 valence electrons. The van der Waals surface area contributed by atoms with Gasteiger partial charge in [0.2, 0.25) is 5.91 Å². The van der Waals surface area contributed by atoms with Gasteiger partial charge in [0.25, 0.3) is 0 Å². The standard InChI is InChI=1S/C18H35N3O3/c1-7-20(16(22)15(19)13(2)3)12-14-8-10-21(11-9-14)17(23)24-18(4,5)6/h13-15H,7-12,19H2,1-6H3/t15-/m0/s1. The number of carbonyl (C=O) groups is 2. The molecule has 0 saturated carbocycles. The van der Waals surface area contributed by atoms with E-state index in [9.17, 15) is 9.59 Å². The maximum absolute atomic E-state index is 12.4. The van der Waals surface area contributed by atoms with Crippen LogP contribution in [0, 0.1) is 11.8 Å². The highest BCUT2D eigenvalue weighted by atomic mass is 16.6. The van der Waals surface area contributed by atoms with Crippen LogP contribution in [0.1, 0.15) is 54.4 Å². The first-order valence-electron chi connectivity index (χ1n) is 9.07. The van der Waals surface area contributed by atoms with E-state index in [0.717, 1.165) is 19.4 Å². The molecule has 1 atom stereocenters. The summed E-state index contributed by atoms with van der Waals surface area (Å²) in [5.74, 6) is 0.578. The van der Waals surface area contributed by atoms with Crippen molar-refractivity contribution < 1.29 is 14.3 Å². The summed E-state index contributed by atoms with van der Waals surface area (Å²) in [5.41, 5.74) is 5.54. The first-order chi connectivity index (χ1) is 11.0. The lowest BCUT2D eigenvalue weighted by Crippen LogP contribution is -2.49. The molecule has 6 heteroatoms. The molecule has 1 rings (SSSR count). The Bertz CT molecular complexity index is 424. The maximum Gasteiger partial charge on any atom is 0.410 e. The number of rotatable bonds is 5. The average Bonchev–Trinajstić information content (AvgIpc) is 2.49. The summed E-state index contributed by atoms with van der Waals surface area (Å²) in [7, 11) is 0. The number of likely N-dealkylation sites (N-methyl/N-ethyl adjacent to an activating group) is 1. The molecule has 0 unspecified atom stereocenters. The van der Waals surface area contributed by atoms with Gasteiger partial charge < -0.3 is 20.3 Å². The fourth-order valence-corrected chi connectivity index (χ4v) is 2.81. The van der Waals surface area contributed by atoms with Gasteiger partial charge in [-0.1, -0.05) is 13.8 Å². The van der Waals surface area contributed by atoms with Gasteiger partial charge in [0.15, 0.2) is 0 Å². The molecule has 0 aromatic carbocycles. The second-order valence-electron chi connectivity index (χ2n) is 8.06. The summed E-state index contributed by atoms with van der Waals surface area (Å²) in [6.07, 6.45) is 1.53. The molecule has 0 spiro atoms. The molecular formula is C18H35N3O3. The number of likely N-dealkylation sites (tertiary alicyclic amines) is 1. The number of piperidine rings is 1. The van der Waals surface area contributed by atoms with E-state index >= 15 is 0 Å². The topological polar surface area (TPSA) is 75.9 Å². The van der Waals surface area contributed by atoms with E-state index in [1.165, 1.54) is 0 Å². The minimum atomic E-state index is -0.466. The van der Waals surface area contributed by atoms with E-state index in [1.54, 1.807) is 4.90 Å². The molecule has 24 heavy (non-hydrogen) atoms. The van der Waals surface area contributed by atoms with Gasteiger partial charge in [-0.2, -0.15) is 0 Å². The van der Waals surface area contributed by atoms with Crippen molar-refractivity contribution in [1.29, 1.82) is 0 Å². The van der Waals surface area contributed by atoms with Crippen LogP contribution in [0.5, 0.6) is 0 Å². The Balaban J connectivity index is 2.49. The summed E-state index contributed by atoms with van der Waals surface area (Å²) >= 11 is 0. The first kappa shape index (κ1) is 20.7. The SMILES string of the molecule is CCN(CC1CCN(C(=O)OC(C)(C)C)CC1)C(=O)[C@@H](N)C(C)C. The zero-order valence-electron chi connectivity index (χ0n) is 16.2. The van der Waals surface area contributed by atoms with Crippen LogP contribution in [-0.2, 0) is 9.53 Å². The molecule has 0 aromatic rings. The summed E-state index contributed by atoms with van der Waals surface area (Å²) in [6.45, 7) is 14.3. The number of ether oxygens (including phenoxy) is 1. The van der Waals surface area contributed by atoms with Gasteiger partial charge in [-0.05, 0) is 52.4 Å². The van der Waals surface area contributed by atoms with Crippen molar-refractivity contribution in [2.75, 3.05) is 26.2 Å². The van der Waals surface area contributed by atoms with Crippen LogP contribution in [0.15, 0.2) is 0 Å². The average molecular weight is 341 g/mol. The van der Waals surface area contributed by atoms with Crippen molar-refractivity contribution in [3.05, 3.63) is 0 Å². The van der Waals surface area contributed by atoms with E-state index < -0.39 is 11.6 Å². The summed E-state index contributed by atoms with van der Waals surface area (Å²) in [6, 6.07) is -0.438. The number of carbonyl (C=O) groups excluding carboxylic acids is 2. The van der Waals surface area contributed by atoms with Gasteiger partial charge in [0.1, 0.15) is 5.60 Å². The van der Waals surface area contributed by atoms with Crippen LogP contribution in [0.4, 0.5) is 4.79 Å². The van der Waals surface area contributed by atoms with Gasteiger partial charge in [-0.3, -0.25) is 4.79 Å². The second kappa shape index (κ2) is 8.70. The van der Waals surface area contributed by atoms with Gasteiger partial charge in [0, 0.05) is 26.2 Å². The third kappa shape index (κ3) is 6.30. The minimum absolute atomic E-state index is 0.0297. The Morgan fingerprint density at radius 3 is 2.21 bits per heavy atom. The fourth-order valence-electron chi connectivity index (χ4n) is 2.81. The molecule has 0 radical (unpaired) electrons. The van der Waals surface area contributed by atoms with Crippen molar-refractivity contribution in [2.24, 2.45) is 17.6 Å². The molecular weight excluding hydrogens is 306 g/mol. The van der Waals surface area contributed by atoms with E-state index in [4.69, 9.17) is 10.5 Å². The highest BCUT2D eigenvalue weighted by Crippen LogP contribution is 2.21. The Hall–Kier alpha value is -1.30. The van der Waals surface area contributed by atoms with Crippen LogP contribution in [0.3, 0.4) is 0 Å².